The predicted molar refractivity (Wildman–Crippen MR) is 75.5 cm³/mol. The Morgan fingerprint density at radius 2 is 0.970 bits per heavy atom. The van der Waals surface area contributed by atoms with Crippen molar-refractivity contribution in [2.24, 2.45) is 0 Å². The molecule has 2 N–H and O–H groups in total. The second-order valence-corrected chi connectivity index (χ2v) is 8.52. The first-order valence-electron chi connectivity index (χ1n) is 7.06. The fourth-order valence-corrected chi connectivity index (χ4v) is 3.41. The number of aromatic amines is 1. The first kappa shape index (κ1) is 31.1. The number of hydrogen-bond donors (Lipinski definition) is 1. The number of rotatable bonds is 7. The van der Waals surface area contributed by atoms with E-state index >= 15 is 0 Å². The molecular formula is C11H7F13N2O5S2. The van der Waals surface area contributed by atoms with Gasteiger partial charge in [0.05, 0.1) is 0 Å². The molecule has 0 aromatic carbocycles. The van der Waals surface area contributed by atoms with E-state index in [-0.39, 0.29) is 0 Å². The van der Waals surface area contributed by atoms with E-state index in [9.17, 15) is 78.5 Å². The quantitative estimate of drug-likeness (QED) is 0.408. The molecule has 0 bridgehead atoms. The van der Waals surface area contributed by atoms with E-state index in [4.69, 9.17) is 0 Å². The molecule has 33 heavy (non-hydrogen) atoms. The number of alkyl halides is 13. The maximum absolute atomic E-state index is 13.1. The first-order chi connectivity index (χ1) is 14.2. The van der Waals surface area contributed by atoms with Gasteiger partial charge in [0.25, 0.3) is 10.0 Å². The minimum atomic E-state index is -8.45. The second-order valence-electron chi connectivity index (χ2n) is 5.43. The highest BCUT2D eigenvalue weighted by atomic mass is 32.3. The minimum absolute atomic E-state index is 0.895. The molecule has 1 aromatic rings. The van der Waals surface area contributed by atoms with Gasteiger partial charge in [-0.15, -0.1) is 4.13 Å². The van der Waals surface area contributed by atoms with Crippen LogP contribution in [0.2, 0.25) is 0 Å². The van der Waals surface area contributed by atoms with Crippen molar-refractivity contribution in [2.45, 2.75) is 35.1 Å². The molecule has 0 saturated heterocycles. The number of nitrogens with one attached hydrogen (secondary N) is 2. The summed E-state index contributed by atoms with van der Waals surface area (Å²) in [6, 6.07) is 5.86. The van der Waals surface area contributed by atoms with Crippen molar-refractivity contribution in [2.75, 3.05) is 0 Å². The molecule has 0 spiro atoms. The standard InChI is InChI=1S/C6H2F13NO5S2.C5H5N/c7-1(8,3(11,12)5(15,16)17)2(9,10)4(13,14)6(18,19)26(21,22)20-27(23,24)25;1-2-4-6-5-3-1/h20H,(H,23,24,25);1-5H. The second kappa shape index (κ2) is 9.02. The van der Waals surface area contributed by atoms with Gasteiger partial charge in [-0.25, -0.2) is 21.8 Å². The molecule has 0 radical (unpaired) electrons. The predicted octanol–water partition coefficient (Wildman–Crippen LogP) is 2.56. The minimum Gasteiger partial charge on any atom is -0.735 e. The fraction of sp³-hybridized carbons (Fsp3) is 0.545. The molecule has 0 aliphatic heterocycles. The molecule has 1 heterocycles. The molecule has 1 rings (SSSR count). The lowest BCUT2D eigenvalue weighted by atomic mass is 9.98. The van der Waals surface area contributed by atoms with E-state index in [0.29, 0.717) is 0 Å². The van der Waals surface area contributed by atoms with E-state index in [2.05, 4.69) is 4.98 Å². The lowest BCUT2D eigenvalue weighted by Gasteiger charge is -2.39. The SMILES string of the molecule is O=S(=O)([O-])NS(=O)(=O)C(F)(F)C(F)(F)C(F)(F)C(F)(F)C(F)(F)C(F)(F)F.c1cc[nH+]cc1. The van der Waals surface area contributed by atoms with Gasteiger partial charge in [0.2, 0.25) is 0 Å². The van der Waals surface area contributed by atoms with Crippen molar-refractivity contribution in [1.29, 1.82) is 0 Å². The van der Waals surface area contributed by atoms with Crippen molar-refractivity contribution < 1.29 is 83.4 Å². The monoisotopic (exact) mass is 558 g/mol. The van der Waals surface area contributed by atoms with Crippen LogP contribution in [0.5, 0.6) is 0 Å². The molecule has 0 saturated carbocycles. The smallest absolute Gasteiger partial charge is 0.460 e. The first-order valence-corrected chi connectivity index (χ1v) is 9.95. The summed E-state index contributed by atoms with van der Waals surface area (Å²) in [7, 11) is -14.6. The van der Waals surface area contributed by atoms with Crippen LogP contribution in [0.1, 0.15) is 0 Å². The Morgan fingerprint density at radius 3 is 1.21 bits per heavy atom. The summed E-state index contributed by atoms with van der Waals surface area (Å²) >= 11 is 0. The fourth-order valence-electron chi connectivity index (χ4n) is 1.45. The Kier molecular flexibility index (Phi) is 8.49. The highest BCUT2D eigenvalue weighted by Crippen LogP contribution is 2.60. The summed E-state index contributed by atoms with van der Waals surface area (Å²) in [5.74, 6) is -33.2. The number of H-pyrrole nitrogens is 1. The van der Waals surface area contributed by atoms with Gasteiger partial charge in [-0.1, -0.05) is 6.07 Å². The van der Waals surface area contributed by atoms with Crippen LogP contribution in [-0.2, 0) is 20.3 Å². The van der Waals surface area contributed by atoms with Crippen molar-refractivity contribution in [3.8, 4) is 0 Å². The summed E-state index contributed by atoms with van der Waals surface area (Å²) in [5, 5.41) is -7.80. The highest BCUT2D eigenvalue weighted by Gasteiger charge is 2.92. The summed E-state index contributed by atoms with van der Waals surface area (Å²) in [6.45, 7) is 0. The molecule has 0 amide bonds. The zero-order valence-electron chi connectivity index (χ0n) is 14.7. The van der Waals surface area contributed by atoms with Gasteiger partial charge < -0.3 is 4.55 Å². The third-order valence-electron chi connectivity index (χ3n) is 3.06. The van der Waals surface area contributed by atoms with E-state index < -0.39 is 59.6 Å². The van der Waals surface area contributed by atoms with Crippen molar-refractivity contribution in [1.82, 2.24) is 4.13 Å². The average Bonchev–Trinajstić information content (AvgIpc) is 2.60. The normalized spacial score (nSPS) is 15.0. The number of hydrogen-bond acceptors (Lipinski definition) is 5. The largest absolute Gasteiger partial charge is 0.735 e. The molecular weight excluding hydrogens is 551 g/mol. The molecule has 22 heteroatoms. The molecule has 194 valence electrons. The van der Waals surface area contributed by atoms with Gasteiger partial charge in [0.1, 0.15) is 0 Å². The van der Waals surface area contributed by atoms with Crippen molar-refractivity contribution in [3.63, 3.8) is 0 Å². The van der Waals surface area contributed by atoms with E-state index in [1.165, 1.54) is 0 Å². The van der Waals surface area contributed by atoms with Gasteiger partial charge in [-0.3, -0.25) is 0 Å². The molecule has 1 aromatic heterocycles. The summed E-state index contributed by atoms with van der Waals surface area (Å²) in [6.07, 6.45) is -3.96. The van der Waals surface area contributed by atoms with Crippen LogP contribution in [0.25, 0.3) is 0 Å². The van der Waals surface area contributed by atoms with Gasteiger partial charge in [-0.05, 0) is 0 Å². The molecule has 7 nitrogen and oxygen atoms in total. The zero-order chi connectivity index (χ0) is 26.9. The van der Waals surface area contributed by atoms with Crippen molar-refractivity contribution >= 4 is 20.3 Å². The van der Waals surface area contributed by atoms with Crippen LogP contribution in [0.15, 0.2) is 30.6 Å². The van der Waals surface area contributed by atoms with Crippen LogP contribution < -0.4 is 9.11 Å². The molecule has 0 aliphatic carbocycles. The topological polar surface area (TPSA) is 118 Å². The lowest BCUT2D eigenvalue weighted by molar-refractivity contribution is -0.433. The maximum atomic E-state index is 13.1. The Morgan fingerprint density at radius 1 is 0.606 bits per heavy atom. The molecule has 0 unspecified atom stereocenters. The zero-order valence-corrected chi connectivity index (χ0v) is 16.3. The molecule has 0 fully saturated rings. The van der Waals surface area contributed by atoms with Gasteiger partial charge in [-0.2, -0.15) is 57.1 Å². The lowest BCUT2D eigenvalue weighted by Crippen LogP contribution is -2.71. The van der Waals surface area contributed by atoms with Crippen LogP contribution in [0.4, 0.5) is 57.1 Å². The molecule has 0 atom stereocenters. The third-order valence-corrected chi connectivity index (χ3v) is 5.69. The third kappa shape index (κ3) is 5.77. The Hall–Kier alpha value is -1.94. The van der Waals surface area contributed by atoms with Crippen LogP contribution in [-0.4, -0.2) is 56.5 Å². The summed E-state index contributed by atoms with van der Waals surface area (Å²) in [5.41, 5.74) is 0. The van der Waals surface area contributed by atoms with Crippen molar-refractivity contribution in [3.05, 3.63) is 30.6 Å². The highest BCUT2D eigenvalue weighted by molar-refractivity contribution is 8.02. The Labute approximate surface area is 174 Å². The molecule has 0 aliphatic rings. The Balaban J connectivity index is 0.00000146. The number of sulfonamides is 1. The van der Waals surface area contributed by atoms with Gasteiger partial charge in [0.15, 0.2) is 22.7 Å². The number of aromatic nitrogens is 1. The van der Waals surface area contributed by atoms with E-state index in [1.807, 2.05) is 30.6 Å². The summed E-state index contributed by atoms with van der Waals surface area (Å²) < 4.78 is 214. The number of pyridine rings is 1. The van der Waals surface area contributed by atoms with Gasteiger partial charge >= 0.3 is 35.1 Å². The van der Waals surface area contributed by atoms with Gasteiger partial charge in [0, 0.05) is 12.1 Å². The van der Waals surface area contributed by atoms with Crippen LogP contribution in [0.3, 0.4) is 0 Å². The van der Waals surface area contributed by atoms with Crippen LogP contribution in [0, 0.1) is 0 Å². The Bertz CT molecular complexity index is 984. The summed E-state index contributed by atoms with van der Waals surface area (Å²) in [4.78, 5) is 2.89. The average molecular weight is 558 g/mol. The maximum Gasteiger partial charge on any atom is 0.460 e. The van der Waals surface area contributed by atoms with E-state index in [0.717, 1.165) is 0 Å². The number of halogens is 13. The van der Waals surface area contributed by atoms with E-state index in [1.54, 1.807) is 0 Å². The van der Waals surface area contributed by atoms with Crippen LogP contribution >= 0.6 is 0 Å².